The van der Waals surface area contributed by atoms with Gasteiger partial charge >= 0.3 is 0 Å². The molecule has 1 aliphatic rings. The van der Waals surface area contributed by atoms with Gasteiger partial charge in [-0.1, -0.05) is 6.42 Å². The average Bonchev–Trinajstić information content (AvgIpc) is 3.20. The predicted octanol–water partition coefficient (Wildman–Crippen LogP) is 3.72. The molecule has 2 aromatic rings. The van der Waals surface area contributed by atoms with Gasteiger partial charge in [0.2, 0.25) is 5.89 Å². The summed E-state index contributed by atoms with van der Waals surface area (Å²) in [7, 11) is 1.70. The Morgan fingerprint density at radius 3 is 2.71 bits per heavy atom. The molecule has 3 rings (SSSR count). The van der Waals surface area contributed by atoms with Gasteiger partial charge in [0.1, 0.15) is 12.0 Å². The normalized spacial score (nSPS) is 16.2. The minimum atomic E-state index is 0.275. The maximum atomic E-state index is 5.88. The molecule has 1 fully saturated rings. The maximum absolute atomic E-state index is 5.88. The van der Waals surface area contributed by atoms with E-state index in [9.17, 15) is 0 Å². The molecular weight excluding hydrogens is 354 g/mol. The number of benzene rings is 1. The molecule has 154 valence electrons. The Hall–Kier alpha value is -1.89. The lowest BCUT2D eigenvalue weighted by Crippen LogP contribution is -2.31. The molecule has 28 heavy (non-hydrogen) atoms. The summed E-state index contributed by atoms with van der Waals surface area (Å²) in [6, 6.07) is 8.24. The van der Waals surface area contributed by atoms with Crippen molar-refractivity contribution in [3.63, 3.8) is 0 Å². The van der Waals surface area contributed by atoms with E-state index in [0.29, 0.717) is 19.0 Å². The number of likely N-dealkylation sites (tertiary alicyclic amines) is 1. The van der Waals surface area contributed by atoms with Crippen LogP contribution in [0.1, 0.15) is 38.3 Å². The van der Waals surface area contributed by atoms with Gasteiger partial charge in [-0.15, -0.1) is 0 Å². The highest BCUT2D eigenvalue weighted by Gasteiger charge is 2.10. The van der Waals surface area contributed by atoms with Gasteiger partial charge in [-0.2, -0.15) is 0 Å². The highest BCUT2D eigenvalue weighted by atomic mass is 16.5. The standard InChI is InChI=1S/C22H33N3O3/c1-18(16-26-2)23-15-20-17-28-22(24-20)19-7-9-21(10-8-19)27-14-6-13-25-11-4-3-5-12-25/h7-10,17-18,23H,3-6,11-16H2,1-2H3. The Morgan fingerprint density at radius 2 is 1.96 bits per heavy atom. The second kappa shape index (κ2) is 11.2. The summed E-state index contributed by atoms with van der Waals surface area (Å²) < 4.78 is 16.6. The molecule has 1 aromatic carbocycles. The zero-order chi connectivity index (χ0) is 19.6. The van der Waals surface area contributed by atoms with Gasteiger partial charge in [-0.3, -0.25) is 0 Å². The predicted molar refractivity (Wildman–Crippen MR) is 111 cm³/mol. The van der Waals surface area contributed by atoms with Crippen LogP contribution < -0.4 is 10.1 Å². The summed E-state index contributed by atoms with van der Waals surface area (Å²) >= 11 is 0. The van der Waals surface area contributed by atoms with Crippen LogP contribution >= 0.6 is 0 Å². The molecule has 0 spiro atoms. The Labute approximate surface area is 168 Å². The smallest absolute Gasteiger partial charge is 0.226 e. The first-order valence-corrected chi connectivity index (χ1v) is 10.4. The maximum Gasteiger partial charge on any atom is 0.226 e. The van der Waals surface area contributed by atoms with E-state index in [4.69, 9.17) is 13.9 Å². The zero-order valence-electron chi connectivity index (χ0n) is 17.2. The monoisotopic (exact) mass is 387 g/mol. The van der Waals surface area contributed by atoms with E-state index in [-0.39, 0.29) is 6.04 Å². The fourth-order valence-corrected chi connectivity index (χ4v) is 3.46. The average molecular weight is 388 g/mol. The molecule has 0 saturated carbocycles. The molecule has 0 radical (unpaired) electrons. The quantitative estimate of drug-likeness (QED) is 0.593. The van der Waals surface area contributed by atoms with Crippen molar-refractivity contribution in [2.45, 2.75) is 45.2 Å². The first kappa shape index (κ1) is 20.8. The van der Waals surface area contributed by atoms with Gasteiger partial charge < -0.3 is 24.1 Å². The van der Waals surface area contributed by atoms with E-state index in [2.05, 4.69) is 22.1 Å². The van der Waals surface area contributed by atoms with Crippen molar-refractivity contribution in [2.75, 3.05) is 40.0 Å². The van der Waals surface area contributed by atoms with Crippen molar-refractivity contribution < 1.29 is 13.9 Å². The summed E-state index contributed by atoms with van der Waals surface area (Å²) in [6.07, 6.45) is 6.83. The lowest BCUT2D eigenvalue weighted by molar-refractivity contribution is 0.171. The Kier molecular flexibility index (Phi) is 8.33. The van der Waals surface area contributed by atoms with E-state index < -0.39 is 0 Å². The van der Waals surface area contributed by atoms with Crippen LogP contribution in [0.3, 0.4) is 0 Å². The molecule has 6 heteroatoms. The van der Waals surface area contributed by atoms with Gasteiger partial charge in [0.05, 0.1) is 18.9 Å². The highest BCUT2D eigenvalue weighted by Crippen LogP contribution is 2.22. The largest absolute Gasteiger partial charge is 0.494 e. The highest BCUT2D eigenvalue weighted by molar-refractivity contribution is 5.54. The zero-order valence-corrected chi connectivity index (χ0v) is 17.2. The van der Waals surface area contributed by atoms with Gasteiger partial charge in [0.25, 0.3) is 0 Å². The van der Waals surface area contributed by atoms with E-state index in [0.717, 1.165) is 36.6 Å². The third kappa shape index (κ3) is 6.62. The fraction of sp³-hybridized carbons (Fsp3) is 0.591. The Bertz CT molecular complexity index is 681. The van der Waals surface area contributed by atoms with Gasteiger partial charge in [-0.25, -0.2) is 4.98 Å². The molecule has 1 saturated heterocycles. The minimum absolute atomic E-state index is 0.275. The second-order valence-electron chi connectivity index (χ2n) is 7.51. The van der Waals surface area contributed by atoms with Crippen molar-refractivity contribution in [1.82, 2.24) is 15.2 Å². The molecule has 2 heterocycles. The number of rotatable bonds is 11. The molecule has 1 aromatic heterocycles. The van der Waals surface area contributed by atoms with E-state index >= 15 is 0 Å². The van der Waals surface area contributed by atoms with Gasteiger partial charge in [0, 0.05) is 31.8 Å². The molecule has 0 amide bonds. The molecular formula is C22H33N3O3. The van der Waals surface area contributed by atoms with Crippen molar-refractivity contribution in [3.05, 3.63) is 36.2 Å². The third-order valence-electron chi connectivity index (χ3n) is 5.04. The lowest BCUT2D eigenvalue weighted by Gasteiger charge is -2.26. The minimum Gasteiger partial charge on any atom is -0.494 e. The molecule has 0 aliphatic carbocycles. The van der Waals surface area contributed by atoms with Gasteiger partial charge in [-0.05, 0) is 63.5 Å². The lowest BCUT2D eigenvalue weighted by atomic mass is 10.1. The number of nitrogens with zero attached hydrogens (tertiary/aromatic N) is 2. The number of aromatic nitrogens is 1. The summed E-state index contributed by atoms with van der Waals surface area (Å²) in [6.45, 7) is 7.78. The van der Waals surface area contributed by atoms with E-state index in [1.54, 1.807) is 13.4 Å². The number of piperidine rings is 1. The van der Waals surface area contributed by atoms with Crippen LogP contribution in [0.15, 0.2) is 34.9 Å². The first-order chi connectivity index (χ1) is 13.7. The van der Waals surface area contributed by atoms with Crippen LogP contribution in [-0.2, 0) is 11.3 Å². The number of hydrogen-bond donors (Lipinski definition) is 1. The number of methoxy groups -OCH3 is 1. The summed E-state index contributed by atoms with van der Waals surface area (Å²) in [5.41, 5.74) is 1.84. The molecule has 1 atom stereocenters. The Balaban J connectivity index is 1.41. The first-order valence-electron chi connectivity index (χ1n) is 10.4. The van der Waals surface area contributed by atoms with Crippen LogP contribution in [0.2, 0.25) is 0 Å². The summed E-state index contributed by atoms with van der Waals surface area (Å²) in [4.78, 5) is 7.10. The summed E-state index contributed by atoms with van der Waals surface area (Å²) in [5, 5.41) is 3.36. The van der Waals surface area contributed by atoms with Gasteiger partial charge in [0.15, 0.2) is 0 Å². The molecule has 6 nitrogen and oxygen atoms in total. The van der Waals surface area contributed by atoms with Crippen LogP contribution in [-0.4, -0.2) is 55.9 Å². The topological polar surface area (TPSA) is 59.8 Å². The van der Waals surface area contributed by atoms with Crippen molar-refractivity contribution in [3.8, 4) is 17.2 Å². The van der Waals surface area contributed by atoms with Crippen LogP contribution in [0.4, 0.5) is 0 Å². The molecule has 0 bridgehead atoms. The number of nitrogens with one attached hydrogen (secondary N) is 1. The van der Waals surface area contributed by atoms with Crippen molar-refractivity contribution in [2.24, 2.45) is 0 Å². The van der Waals surface area contributed by atoms with Crippen LogP contribution in [0.5, 0.6) is 5.75 Å². The van der Waals surface area contributed by atoms with Crippen molar-refractivity contribution in [1.29, 1.82) is 0 Å². The number of ether oxygens (including phenoxy) is 2. The number of oxazole rings is 1. The molecule has 1 N–H and O–H groups in total. The molecule has 1 aliphatic heterocycles. The van der Waals surface area contributed by atoms with E-state index in [1.807, 2.05) is 24.3 Å². The molecule has 1 unspecified atom stereocenters. The van der Waals surface area contributed by atoms with E-state index in [1.165, 1.54) is 32.4 Å². The third-order valence-corrected chi connectivity index (χ3v) is 5.04. The summed E-state index contributed by atoms with van der Waals surface area (Å²) in [5.74, 6) is 1.53. The van der Waals surface area contributed by atoms with Crippen molar-refractivity contribution >= 4 is 0 Å². The Morgan fingerprint density at radius 1 is 1.18 bits per heavy atom. The SMILES string of the molecule is COCC(C)NCc1coc(-c2ccc(OCCCN3CCCCC3)cc2)n1. The second-order valence-corrected chi connectivity index (χ2v) is 7.51. The van der Waals surface area contributed by atoms with Crippen LogP contribution in [0.25, 0.3) is 11.5 Å². The van der Waals surface area contributed by atoms with Crippen LogP contribution in [0, 0.1) is 0 Å². The fourth-order valence-electron chi connectivity index (χ4n) is 3.46. The number of hydrogen-bond acceptors (Lipinski definition) is 6.